The van der Waals surface area contributed by atoms with Gasteiger partial charge < -0.3 is 9.88 Å². The van der Waals surface area contributed by atoms with Gasteiger partial charge in [0.2, 0.25) is 0 Å². The number of amides is 1. The number of hydrogen-bond acceptors (Lipinski definition) is 3. The Morgan fingerprint density at radius 2 is 2.35 bits per heavy atom. The van der Waals surface area contributed by atoms with Crippen LogP contribution in [0.4, 0.5) is 0 Å². The van der Waals surface area contributed by atoms with Crippen molar-refractivity contribution in [1.29, 1.82) is 0 Å². The predicted molar refractivity (Wildman–Crippen MR) is 63.6 cm³/mol. The molecule has 0 saturated heterocycles. The van der Waals surface area contributed by atoms with Gasteiger partial charge in [0.1, 0.15) is 16.7 Å². The van der Waals surface area contributed by atoms with Gasteiger partial charge in [0.25, 0.3) is 5.91 Å². The van der Waals surface area contributed by atoms with Crippen molar-refractivity contribution in [3.63, 3.8) is 0 Å². The van der Waals surface area contributed by atoms with Crippen LogP contribution in [0.15, 0.2) is 30.6 Å². The van der Waals surface area contributed by atoms with Gasteiger partial charge in [0, 0.05) is 19.4 Å². The Morgan fingerprint density at radius 1 is 1.53 bits per heavy atom. The third-order valence-electron chi connectivity index (χ3n) is 2.28. The standard InChI is InChI=1S/C11H11ClN4O/c1-16-6-5-13-10(16)7-14-11(17)8-3-2-4-9(12)15-8/h2-6H,7H2,1H3,(H,14,17). The molecule has 6 heteroatoms. The van der Waals surface area contributed by atoms with Gasteiger partial charge in [-0.1, -0.05) is 17.7 Å². The SMILES string of the molecule is Cn1ccnc1CNC(=O)c1cccc(Cl)n1. The van der Waals surface area contributed by atoms with Crippen LogP contribution in [0.1, 0.15) is 16.3 Å². The van der Waals surface area contributed by atoms with E-state index in [4.69, 9.17) is 11.6 Å². The second kappa shape index (κ2) is 4.97. The summed E-state index contributed by atoms with van der Waals surface area (Å²) in [6.45, 7) is 0.358. The fraction of sp³-hybridized carbons (Fsp3) is 0.182. The summed E-state index contributed by atoms with van der Waals surface area (Å²) in [5, 5.41) is 3.03. The minimum atomic E-state index is -0.268. The summed E-state index contributed by atoms with van der Waals surface area (Å²) in [6.07, 6.45) is 3.50. The molecule has 0 spiro atoms. The predicted octanol–water partition coefficient (Wildman–Crippen LogP) is 1.40. The number of halogens is 1. The quantitative estimate of drug-likeness (QED) is 0.838. The molecule has 2 heterocycles. The van der Waals surface area contributed by atoms with Crippen LogP contribution in [-0.4, -0.2) is 20.4 Å². The summed E-state index contributed by atoms with van der Waals surface area (Å²) >= 11 is 5.71. The zero-order valence-corrected chi connectivity index (χ0v) is 9.98. The molecule has 0 aliphatic rings. The summed E-state index contributed by atoms with van der Waals surface area (Å²) < 4.78 is 1.84. The minimum Gasteiger partial charge on any atom is -0.343 e. The molecular weight excluding hydrogens is 240 g/mol. The first kappa shape index (κ1) is 11.6. The van der Waals surface area contributed by atoms with Gasteiger partial charge >= 0.3 is 0 Å². The van der Waals surface area contributed by atoms with E-state index in [0.717, 1.165) is 5.82 Å². The Morgan fingerprint density at radius 3 is 3.00 bits per heavy atom. The molecule has 0 fully saturated rings. The molecule has 2 aromatic rings. The van der Waals surface area contributed by atoms with Crippen molar-refractivity contribution in [2.24, 2.45) is 7.05 Å². The molecule has 0 atom stereocenters. The average Bonchev–Trinajstić information content (AvgIpc) is 2.72. The molecule has 0 aliphatic heterocycles. The molecule has 0 radical (unpaired) electrons. The highest BCUT2D eigenvalue weighted by Crippen LogP contribution is 2.05. The van der Waals surface area contributed by atoms with Crippen LogP contribution >= 0.6 is 11.6 Å². The number of nitrogens with zero attached hydrogens (tertiary/aromatic N) is 3. The Kier molecular flexibility index (Phi) is 3.39. The summed E-state index contributed by atoms with van der Waals surface area (Å²) in [6, 6.07) is 4.92. The molecule has 0 unspecified atom stereocenters. The van der Waals surface area contributed by atoms with Crippen LogP contribution in [0.25, 0.3) is 0 Å². The van der Waals surface area contributed by atoms with Crippen LogP contribution in [-0.2, 0) is 13.6 Å². The van der Waals surface area contributed by atoms with E-state index in [9.17, 15) is 4.79 Å². The van der Waals surface area contributed by atoms with E-state index in [1.54, 1.807) is 24.4 Å². The highest BCUT2D eigenvalue weighted by molar-refractivity contribution is 6.29. The molecule has 1 N–H and O–H groups in total. The number of aryl methyl sites for hydroxylation is 1. The number of carbonyl (C=O) groups is 1. The number of carbonyl (C=O) groups excluding carboxylic acids is 1. The molecular formula is C11H11ClN4O. The number of pyridine rings is 1. The average molecular weight is 251 g/mol. The van der Waals surface area contributed by atoms with Crippen molar-refractivity contribution in [2.45, 2.75) is 6.54 Å². The van der Waals surface area contributed by atoms with Crippen molar-refractivity contribution >= 4 is 17.5 Å². The highest BCUT2D eigenvalue weighted by Gasteiger charge is 2.08. The summed E-state index contributed by atoms with van der Waals surface area (Å²) in [4.78, 5) is 19.8. The molecule has 0 bridgehead atoms. The molecule has 0 aromatic carbocycles. The Bertz CT molecular complexity index is 538. The maximum atomic E-state index is 11.7. The summed E-state index contributed by atoms with van der Waals surface area (Å²) in [5.74, 6) is 0.510. The molecule has 2 aromatic heterocycles. The first-order valence-electron chi connectivity index (χ1n) is 5.04. The molecule has 0 aliphatic carbocycles. The number of imidazole rings is 1. The van der Waals surface area contributed by atoms with Gasteiger partial charge in [0.15, 0.2) is 0 Å². The highest BCUT2D eigenvalue weighted by atomic mass is 35.5. The van der Waals surface area contributed by atoms with Crippen molar-refractivity contribution in [3.05, 3.63) is 47.3 Å². The van der Waals surface area contributed by atoms with E-state index in [1.165, 1.54) is 0 Å². The third kappa shape index (κ3) is 2.82. The fourth-order valence-corrected chi connectivity index (χ4v) is 1.52. The Hall–Kier alpha value is -1.88. The largest absolute Gasteiger partial charge is 0.343 e. The van der Waals surface area contributed by atoms with Gasteiger partial charge in [-0.2, -0.15) is 0 Å². The van der Waals surface area contributed by atoms with Gasteiger partial charge in [-0.25, -0.2) is 9.97 Å². The normalized spacial score (nSPS) is 10.2. The van der Waals surface area contributed by atoms with E-state index in [-0.39, 0.29) is 5.91 Å². The third-order valence-corrected chi connectivity index (χ3v) is 2.49. The van der Waals surface area contributed by atoms with Crippen LogP contribution in [0, 0.1) is 0 Å². The Balaban J connectivity index is 2.01. The lowest BCUT2D eigenvalue weighted by molar-refractivity contribution is 0.0944. The fourth-order valence-electron chi connectivity index (χ4n) is 1.35. The van der Waals surface area contributed by atoms with Crippen molar-refractivity contribution < 1.29 is 4.79 Å². The van der Waals surface area contributed by atoms with Crippen LogP contribution in [0.5, 0.6) is 0 Å². The Labute approximate surface area is 103 Å². The lowest BCUT2D eigenvalue weighted by Crippen LogP contribution is -2.25. The second-order valence-electron chi connectivity index (χ2n) is 3.48. The van der Waals surface area contributed by atoms with Crippen molar-refractivity contribution in [2.75, 3.05) is 0 Å². The zero-order chi connectivity index (χ0) is 12.3. The van der Waals surface area contributed by atoms with Crippen LogP contribution < -0.4 is 5.32 Å². The molecule has 17 heavy (non-hydrogen) atoms. The summed E-state index contributed by atoms with van der Waals surface area (Å²) in [7, 11) is 1.87. The smallest absolute Gasteiger partial charge is 0.270 e. The number of nitrogens with one attached hydrogen (secondary N) is 1. The van der Waals surface area contributed by atoms with E-state index >= 15 is 0 Å². The van der Waals surface area contributed by atoms with Crippen molar-refractivity contribution in [3.8, 4) is 0 Å². The number of aromatic nitrogens is 3. The van der Waals surface area contributed by atoms with Gasteiger partial charge in [-0.05, 0) is 12.1 Å². The number of hydrogen-bond donors (Lipinski definition) is 1. The lowest BCUT2D eigenvalue weighted by atomic mass is 10.3. The van der Waals surface area contributed by atoms with Gasteiger partial charge in [-0.3, -0.25) is 4.79 Å². The maximum Gasteiger partial charge on any atom is 0.270 e. The molecule has 88 valence electrons. The van der Waals surface area contributed by atoms with E-state index in [1.807, 2.05) is 17.8 Å². The summed E-state index contributed by atoms with van der Waals surface area (Å²) in [5.41, 5.74) is 0.298. The topological polar surface area (TPSA) is 59.8 Å². The lowest BCUT2D eigenvalue weighted by Gasteiger charge is -2.04. The van der Waals surface area contributed by atoms with Crippen molar-refractivity contribution in [1.82, 2.24) is 19.9 Å². The van der Waals surface area contributed by atoms with Gasteiger partial charge in [0.05, 0.1) is 6.54 Å². The van der Waals surface area contributed by atoms with Crippen LogP contribution in [0.2, 0.25) is 5.15 Å². The maximum absolute atomic E-state index is 11.7. The van der Waals surface area contributed by atoms with E-state index in [2.05, 4.69) is 15.3 Å². The minimum absolute atomic E-state index is 0.268. The molecule has 0 saturated carbocycles. The monoisotopic (exact) mass is 250 g/mol. The van der Waals surface area contributed by atoms with E-state index in [0.29, 0.717) is 17.4 Å². The first-order chi connectivity index (χ1) is 8.16. The van der Waals surface area contributed by atoms with Crippen LogP contribution in [0.3, 0.4) is 0 Å². The molecule has 5 nitrogen and oxygen atoms in total. The first-order valence-corrected chi connectivity index (χ1v) is 5.41. The van der Waals surface area contributed by atoms with Gasteiger partial charge in [-0.15, -0.1) is 0 Å². The molecule has 1 amide bonds. The zero-order valence-electron chi connectivity index (χ0n) is 9.22. The number of rotatable bonds is 3. The second-order valence-corrected chi connectivity index (χ2v) is 3.87. The molecule has 2 rings (SSSR count). The van der Waals surface area contributed by atoms with E-state index < -0.39 is 0 Å².